The molecule has 1 atom stereocenters. The average molecular weight is 477 g/mol. The number of aryl methyl sites for hydroxylation is 1. The number of ether oxygens (including phenoxy) is 1. The summed E-state index contributed by atoms with van der Waals surface area (Å²) in [5.74, 6) is -1.36. The lowest BCUT2D eigenvalue weighted by molar-refractivity contribution is -0.137. The quantitative estimate of drug-likeness (QED) is 0.452. The van der Waals surface area contributed by atoms with E-state index in [0.717, 1.165) is 22.3 Å². The van der Waals surface area contributed by atoms with E-state index in [4.69, 9.17) is 9.84 Å². The maximum absolute atomic E-state index is 12.6. The van der Waals surface area contributed by atoms with Crippen molar-refractivity contribution in [3.8, 4) is 11.1 Å². The first kappa shape index (κ1) is 24.0. The topological polar surface area (TPSA) is 123 Å². The van der Waals surface area contributed by atoms with Gasteiger partial charge in [-0.25, -0.2) is 4.79 Å². The molecule has 9 heteroatoms. The molecule has 1 unspecified atom stereocenters. The number of anilines is 1. The number of hydrogen-bond donors (Lipinski definition) is 3. The largest absolute Gasteiger partial charge is 0.481 e. The van der Waals surface area contributed by atoms with Gasteiger partial charge in [0.2, 0.25) is 0 Å². The van der Waals surface area contributed by atoms with Gasteiger partial charge in [0.25, 0.3) is 5.91 Å². The van der Waals surface area contributed by atoms with Crippen LogP contribution in [0.4, 0.5) is 10.6 Å². The van der Waals surface area contributed by atoms with E-state index in [1.54, 1.807) is 7.05 Å². The normalized spacial score (nSPS) is 13.1. The second-order valence-electron chi connectivity index (χ2n) is 8.91. The first-order valence-electron chi connectivity index (χ1n) is 11.4. The number of aliphatic carboxylic acids is 1. The lowest BCUT2D eigenvalue weighted by Gasteiger charge is -2.19. The van der Waals surface area contributed by atoms with Gasteiger partial charge in [-0.3, -0.25) is 19.6 Å². The molecule has 0 radical (unpaired) electrons. The van der Waals surface area contributed by atoms with Crippen LogP contribution < -0.4 is 10.6 Å². The summed E-state index contributed by atoms with van der Waals surface area (Å²) in [5.41, 5.74) is 4.57. The van der Waals surface area contributed by atoms with Gasteiger partial charge in [-0.05, 0) is 28.2 Å². The molecule has 0 spiro atoms. The molecular weight excluding hydrogens is 448 g/mol. The van der Waals surface area contributed by atoms with Crippen LogP contribution in [0.5, 0.6) is 0 Å². The highest BCUT2D eigenvalue weighted by atomic mass is 16.5. The number of carboxylic acid groups (broad SMARTS) is 1. The lowest BCUT2D eigenvalue weighted by atomic mass is 9.98. The van der Waals surface area contributed by atoms with Crippen LogP contribution in [0.3, 0.4) is 0 Å². The van der Waals surface area contributed by atoms with Crippen LogP contribution in [-0.4, -0.2) is 45.5 Å². The highest BCUT2D eigenvalue weighted by Crippen LogP contribution is 2.44. The van der Waals surface area contributed by atoms with Gasteiger partial charge in [-0.1, -0.05) is 62.4 Å². The molecule has 0 saturated heterocycles. The molecule has 0 bridgehead atoms. The molecule has 3 aromatic rings. The van der Waals surface area contributed by atoms with E-state index in [9.17, 15) is 14.4 Å². The molecule has 3 N–H and O–H groups in total. The Morgan fingerprint density at radius 3 is 2.23 bits per heavy atom. The van der Waals surface area contributed by atoms with Crippen LogP contribution in [0.15, 0.2) is 54.6 Å². The van der Waals surface area contributed by atoms with Crippen LogP contribution in [0.25, 0.3) is 11.1 Å². The smallest absolute Gasteiger partial charge is 0.412 e. The molecule has 2 amide bonds. The highest BCUT2D eigenvalue weighted by Gasteiger charge is 2.29. The zero-order valence-electron chi connectivity index (χ0n) is 19.8. The molecule has 1 aliphatic carbocycles. The molecule has 0 aliphatic heterocycles. The second-order valence-corrected chi connectivity index (χ2v) is 8.91. The number of carbonyl (C=O) groups excluding carboxylic acids is 2. The zero-order valence-corrected chi connectivity index (χ0v) is 19.8. The number of carbonyl (C=O) groups is 3. The summed E-state index contributed by atoms with van der Waals surface area (Å²) in [7, 11) is 1.59. The van der Waals surface area contributed by atoms with Gasteiger partial charge in [0.1, 0.15) is 12.4 Å². The number of hydrogen-bond acceptors (Lipinski definition) is 5. The van der Waals surface area contributed by atoms with Crippen LogP contribution in [0.2, 0.25) is 0 Å². The number of aromatic nitrogens is 2. The summed E-state index contributed by atoms with van der Waals surface area (Å²) in [6, 6.07) is 17.0. The van der Waals surface area contributed by atoms with E-state index in [-0.39, 0.29) is 36.4 Å². The minimum absolute atomic E-state index is 0.0665. The van der Waals surface area contributed by atoms with Gasteiger partial charge in [0.15, 0.2) is 5.69 Å². The van der Waals surface area contributed by atoms with Gasteiger partial charge in [0.05, 0.1) is 6.42 Å². The first-order valence-corrected chi connectivity index (χ1v) is 11.4. The van der Waals surface area contributed by atoms with Crippen LogP contribution in [0, 0.1) is 5.92 Å². The van der Waals surface area contributed by atoms with Crippen molar-refractivity contribution in [3.05, 3.63) is 71.4 Å². The Balaban J connectivity index is 1.40. The second kappa shape index (κ2) is 10.0. The number of carboxylic acids is 1. The zero-order chi connectivity index (χ0) is 25.1. The van der Waals surface area contributed by atoms with Crippen molar-refractivity contribution in [2.45, 2.75) is 32.2 Å². The third-order valence-electron chi connectivity index (χ3n) is 6.20. The van der Waals surface area contributed by atoms with Crippen molar-refractivity contribution < 1.29 is 24.2 Å². The summed E-state index contributed by atoms with van der Waals surface area (Å²) < 4.78 is 6.91. The molecule has 1 aliphatic rings. The van der Waals surface area contributed by atoms with Crippen molar-refractivity contribution in [2.24, 2.45) is 13.0 Å². The van der Waals surface area contributed by atoms with E-state index < -0.39 is 24.0 Å². The van der Waals surface area contributed by atoms with Crippen LogP contribution in [-0.2, 0) is 16.6 Å². The van der Waals surface area contributed by atoms with Gasteiger partial charge < -0.3 is 15.2 Å². The maximum Gasteiger partial charge on any atom is 0.412 e. The third kappa shape index (κ3) is 5.18. The standard InChI is InChI=1S/C26H28N4O5/c1-15(2)21(13-24(31)32)27-25(33)22-12-23(30(3)29-22)28-26(34)35-14-20-18-10-6-4-8-16(18)17-9-5-7-11-19(17)20/h4-12,15,20-21H,13-14H2,1-3H3,(H,27,33)(H,28,34)(H,31,32). The van der Waals surface area contributed by atoms with E-state index in [1.807, 2.05) is 50.2 Å². The Labute approximate surface area is 203 Å². The molecule has 2 aromatic carbocycles. The fourth-order valence-corrected chi connectivity index (χ4v) is 4.32. The Hall–Kier alpha value is -4.14. The molecule has 1 aromatic heterocycles. The van der Waals surface area contributed by atoms with E-state index in [1.165, 1.54) is 10.7 Å². The fraction of sp³-hybridized carbons (Fsp3) is 0.308. The molecule has 0 fully saturated rings. The number of fused-ring (bicyclic) bond motifs is 3. The SMILES string of the molecule is CC(C)C(CC(=O)O)NC(=O)c1cc(NC(=O)OCC2c3ccccc3-c3ccccc32)n(C)n1. The fourth-order valence-electron chi connectivity index (χ4n) is 4.32. The lowest BCUT2D eigenvalue weighted by Crippen LogP contribution is -2.40. The van der Waals surface area contributed by atoms with E-state index >= 15 is 0 Å². The number of nitrogens with zero attached hydrogens (tertiary/aromatic N) is 2. The number of amides is 2. The first-order chi connectivity index (χ1) is 16.7. The van der Waals surface area contributed by atoms with Gasteiger partial charge in [-0.2, -0.15) is 5.10 Å². The summed E-state index contributed by atoms with van der Waals surface area (Å²) in [6.07, 6.45) is -0.853. The summed E-state index contributed by atoms with van der Waals surface area (Å²) in [6.45, 7) is 3.82. The number of benzene rings is 2. The average Bonchev–Trinajstić information content (AvgIpc) is 3.34. The molecule has 35 heavy (non-hydrogen) atoms. The predicted octanol–water partition coefficient (Wildman–Crippen LogP) is 4.01. The Bertz CT molecular complexity index is 1220. The van der Waals surface area contributed by atoms with Gasteiger partial charge in [0, 0.05) is 25.1 Å². The predicted molar refractivity (Wildman–Crippen MR) is 130 cm³/mol. The van der Waals surface area contributed by atoms with Crippen molar-refractivity contribution in [1.29, 1.82) is 0 Å². The summed E-state index contributed by atoms with van der Waals surface area (Å²) >= 11 is 0. The Morgan fingerprint density at radius 2 is 1.66 bits per heavy atom. The number of nitrogens with one attached hydrogen (secondary N) is 2. The van der Waals surface area contributed by atoms with Crippen LogP contribution >= 0.6 is 0 Å². The summed E-state index contributed by atoms with van der Waals surface area (Å²) in [5, 5.41) is 18.5. The van der Waals surface area contributed by atoms with E-state index in [2.05, 4.69) is 27.9 Å². The molecule has 182 valence electrons. The van der Waals surface area contributed by atoms with Crippen LogP contribution in [0.1, 0.15) is 47.8 Å². The third-order valence-corrected chi connectivity index (χ3v) is 6.20. The Kier molecular flexibility index (Phi) is 6.86. The molecule has 4 rings (SSSR count). The molecule has 0 saturated carbocycles. The molecule has 9 nitrogen and oxygen atoms in total. The van der Waals surface area contributed by atoms with E-state index in [0.29, 0.717) is 0 Å². The molecule has 1 heterocycles. The Morgan fingerprint density at radius 1 is 1.06 bits per heavy atom. The minimum atomic E-state index is -0.998. The highest BCUT2D eigenvalue weighted by molar-refractivity contribution is 5.94. The monoisotopic (exact) mass is 476 g/mol. The van der Waals surface area contributed by atoms with Crippen molar-refractivity contribution >= 4 is 23.8 Å². The van der Waals surface area contributed by atoms with Crippen molar-refractivity contribution in [3.63, 3.8) is 0 Å². The van der Waals surface area contributed by atoms with Gasteiger partial charge >= 0.3 is 12.1 Å². The maximum atomic E-state index is 12.6. The number of rotatable bonds is 8. The van der Waals surface area contributed by atoms with Gasteiger partial charge in [-0.15, -0.1) is 0 Å². The molecular formula is C26H28N4O5. The van der Waals surface area contributed by atoms with Crippen molar-refractivity contribution in [1.82, 2.24) is 15.1 Å². The van der Waals surface area contributed by atoms with Crippen molar-refractivity contribution in [2.75, 3.05) is 11.9 Å². The summed E-state index contributed by atoms with van der Waals surface area (Å²) in [4.78, 5) is 36.2. The minimum Gasteiger partial charge on any atom is -0.481 e.